The fourth-order valence-electron chi connectivity index (χ4n) is 3.90. The summed E-state index contributed by atoms with van der Waals surface area (Å²) in [5.74, 6) is -1.33. The number of rotatable bonds is 10. The Hall–Kier alpha value is -3.32. The van der Waals surface area contributed by atoms with Gasteiger partial charge >= 0.3 is 5.97 Å². The summed E-state index contributed by atoms with van der Waals surface area (Å²) in [4.78, 5) is 48.3. The molecule has 31 heavy (non-hydrogen) atoms. The third-order valence-corrected chi connectivity index (χ3v) is 5.32. The number of nitrogens with one attached hydrogen (secondary N) is 2. The molecule has 2 atom stereocenters. The normalized spacial score (nSPS) is 14.0. The van der Waals surface area contributed by atoms with E-state index in [0.717, 1.165) is 11.8 Å². The van der Waals surface area contributed by atoms with E-state index in [0.29, 0.717) is 28.7 Å². The first-order chi connectivity index (χ1) is 14.8. The summed E-state index contributed by atoms with van der Waals surface area (Å²) in [7, 11) is 0. The third kappa shape index (κ3) is 4.88. The minimum Gasteiger partial charge on any atom is -0.480 e. The van der Waals surface area contributed by atoms with Crippen LogP contribution in [0.5, 0.6) is 0 Å². The van der Waals surface area contributed by atoms with E-state index in [1.54, 1.807) is 30.3 Å². The van der Waals surface area contributed by atoms with Crippen molar-refractivity contribution in [1.82, 2.24) is 10.6 Å². The van der Waals surface area contributed by atoms with Gasteiger partial charge in [0.2, 0.25) is 0 Å². The lowest BCUT2D eigenvalue weighted by molar-refractivity contribution is -0.140. The van der Waals surface area contributed by atoms with Crippen molar-refractivity contribution in [3.8, 4) is 11.1 Å². The second-order valence-corrected chi connectivity index (χ2v) is 8.08. The highest BCUT2D eigenvalue weighted by atomic mass is 16.4. The van der Waals surface area contributed by atoms with Crippen LogP contribution < -0.4 is 10.6 Å². The first kappa shape index (κ1) is 22.4. The van der Waals surface area contributed by atoms with E-state index in [9.17, 15) is 24.3 Å². The molecule has 2 aromatic rings. The van der Waals surface area contributed by atoms with Crippen molar-refractivity contribution in [2.45, 2.75) is 38.8 Å². The molecule has 0 fully saturated rings. The van der Waals surface area contributed by atoms with E-state index in [2.05, 4.69) is 10.6 Å². The van der Waals surface area contributed by atoms with Crippen LogP contribution in [0.1, 0.15) is 53.0 Å². The maximum atomic E-state index is 12.8. The van der Waals surface area contributed by atoms with Gasteiger partial charge in [-0.05, 0) is 30.4 Å². The number of hydrogen-bond acceptors (Lipinski definition) is 5. The smallest absolute Gasteiger partial charge is 0.320 e. The number of carboxylic acid groups (broad SMARTS) is 1. The molecule has 0 heterocycles. The summed E-state index contributed by atoms with van der Waals surface area (Å²) < 4.78 is 0. The lowest BCUT2D eigenvalue weighted by Gasteiger charge is -2.21. The van der Waals surface area contributed by atoms with Crippen molar-refractivity contribution >= 4 is 23.9 Å². The molecule has 0 spiro atoms. The summed E-state index contributed by atoms with van der Waals surface area (Å²) in [5, 5.41) is 15.1. The predicted molar refractivity (Wildman–Crippen MR) is 116 cm³/mol. The summed E-state index contributed by atoms with van der Waals surface area (Å²) >= 11 is 0. The number of carboxylic acids is 1. The fourth-order valence-corrected chi connectivity index (χ4v) is 3.90. The summed E-state index contributed by atoms with van der Waals surface area (Å²) in [6, 6.07) is 10.7. The molecule has 0 aromatic heterocycles. The van der Waals surface area contributed by atoms with Gasteiger partial charge in [0.1, 0.15) is 12.3 Å². The van der Waals surface area contributed by atoms with E-state index in [1.165, 1.54) is 0 Å². The van der Waals surface area contributed by atoms with E-state index < -0.39 is 18.1 Å². The number of aldehydes is 1. The number of amides is 1. The highest BCUT2D eigenvalue weighted by Crippen LogP contribution is 2.38. The Balaban J connectivity index is 1.69. The average Bonchev–Trinajstić information content (AvgIpc) is 3.04. The second kappa shape index (κ2) is 9.66. The summed E-state index contributed by atoms with van der Waals surface area (Å²) in [6.45, 7) is 4.01. The van der Waals surface area contributed by atoms with Crippen LogP contribution in [-0.4, -0.2) is 47.7 Å². The highest BCUT2D eigenvalue weighted by Gasteiger charge is 2.30. The van der Waals surface area contributed by atoms with Crippen LogP contribution in [0, 0.1) is 5.92 Å². The lowest BCUT2D eigenvalue weighted by atomic mass is 9.99. The monoisotopic (exact) mass is 422 g/mol. The Morgan fingerprint density at radius 1 is 1.03 bits per heavy atom. The topological polar surface area (TPSA) is 113 Å². The van der Waals surface area contributed by atoms with Crippen molar-refractivity contribution in [2.75, 3.05) is 6.54 Å². The Morgan fingerprint density at radius 2 is 1.71 bits per heavy atom. The molecule has 1 amide bonds. The van der Waals surface area contributed by atoms with Gasteiger partial charge in [-0.3, -0.25) is 19.7 Å². The molecule has 0 saturated carbocycles. The van der Waals surface area contributed by atoms with Gasteiger partial charge in [0, 0.05) is 28.8 Å². The number of fused-ring (bicyclic) bond motifs is 3. The molecule has 1 aliphatic rings. The minimum absolute atomic E-state index is 0.106. The van der Waals surface area contributed by atoms with Gasteiger partial charge in [-0.15, -0.1) is 0 Å². The van der Waals surface area contributed by atoms with Crippen LogP contribution in [0.2, 0.25) is 0 Å². The lowest BCUT2D eigenvalue weighted by Crippen LogP contribution is -2.46. The number of carbonyl (C=O) groups is 4. The Labute approximate surface area is 180 Å². The molecule has 2 unspecified atom stereocenters. The quantitative estimate of drug-likeness (QED) is 0.433. The van der Waals surface area contributed by atoms with Crippen LogP contribution in [0.4, 0.5) is 0 Å². The van der Waals surface area contributed by atoms with Crippen LogP contribution in [0.3, 0.4) is 0 Å². The molecule has 1 aliphatic carbocycles. The van der Waals surface area contributed by atoms with E-state index in [-0.39, 0.29) is 30.6 Å². The predicted octanol–water partition coefficient (Wildman–Crippen LogP) is 2.67. The van der Waals surface area contributed by atoms with Gasteiger partial charge in [-0.1, -0.05) is 50.2 Å². The van der Waals surface area contributed by atoms with Crippen LogP contribution >= 0.6 is 0 Å². The van der Waals surface area contributed by atoms with Crippen LogP contribution in [0.15, 0.2) is 42.5 Å². The molecule has 0 saturated heterocycles. The minimum atomic E-state index is -1.08. The van der Waals surface area contributed by atoms with Gasteiger partial charge in [0.05, 0.1) is 6.04 Å². The molecular weight excluding hydrogens is 396 g/mol. The van der Waals surface area contributed by atoms with Crippen molar-refractivity contribution in [2.24, 2.45) is 5.92 Å². The zero-order valence-corrected chi connectivity index (χ0v) is 17.6. The SMILES string of the molecule is CC(C)CC(C=O)NC(CCNC(=O)c1cccc2c1-c1ccccc1C2=O)C(=O)O. The van der Waals surface area contributed by atoms with Crippen molar-refractivity contribution in [3.63, 3.8) is 0 Å². The number of carbonyl (C=O) groups excluding carboxylic acids is 3. The van der Waals surface area contributed by atoms with Gasteiger partial charge < -0.3 is 15.2 Å². The number of benzene rings is 2. The van der Waals surface area contributed by atoms with Crippen LogP contribution in [0.25, 0.3) is 11.1 Å². The van der Waals surface area contributed by atoms with E-state index in [4.69, 9.17) is 0 Å². The second-order valence-electron chi connectivity index (χ2n) is 8.08. The van der Waals surface area contributed by atoms with Gasteiger partial charge in [0.15, 0.2) is 5.78 Å². The Kier molecular flexibility index (Phi) is 6.97. The first-order valence-corrected chi connectivity index (χ1v) is 10.3. The molecule has 0 aliphatic heterocycles. The summed E-state index contributed by atoms with van der Waals surface area (Å²) in [5.41, 5.74) is 2.76. The molecule has 0 radical (unpaired) electrons. The van der Waals surface area contributed by atoms with Crippen LogP contribution in [-0.2, 0) is 9.59 Å². The zero-order valence-electron chi connectivity index (χ0n) is 17.6. The van der Waals surface area contributed by atoms with Gasteiger partial charge in [0.25, 0.3) is 5.91 Å². The van der Waals surface area contributed by atoms with Crippen molar-refractivity contribution < 1.29 is 24.3 Å². The molecular formula is C24H26N2O5. The van der Waals surface area contributed by atoms with Gasteiger partial charge in [-0.2, -0.15) is 0 Å². The zero-order chi connectivity index (χ0) is 22.5. The maximum Gasteiger partial charge on any atom is 0.320 e. The maximum absolute atomic E-state index is 12.8. The standard InChI is InChI=1S/C24H26N2O5/c1-14(2)12-15(13-27)26-20(24(30)31)10-11-25-23(29)19-9-5-8-18-21(19)16-6-3-4-7-17(16)22(18)28/h3-9,13-15,20,26H,10-12H2,1-2H3,(H,25,29)(H,30,31). The van der Waals surface area contributed by atoms with Crippen molar-refractivity contribution in [1.29, 1.82) is 0 Å². The number of hydrogen-bond donors (Lipinski definition) is 3. The molecule has 3 N–H and O–H groups in total. The van der Waals surface area contributed by atoms with Crippen molar-refractivity contribution in [3.05, 3.63) is 59.2 Å². The molecule has 7 heteroatoms. The third-order valence-electron chi connectivity index (χ3n) is 5.32. The molecule has 162 valence electrons. The molecule has 0 bridgehead atoms. The van der Waals surface area contributed by atoms with Gasteiger partial charge in [-0.25, -0.2) is 0 Å². The highest BCUT2D eigenvalue weighted by molar-refractivity contribution is 6.24. The van der Waals surface area contributed by atoms with E-state index >= 15 is 0 Å². The fraction of sp³-hybridized carbons (Fsp3) is 0.333. The summed E-state index contributed by atoms with van der Waals surface area (Å²) in [6.07, 6.45) is 1.37. The molecule has 3 rings (SSSR count). The number of ketones is 1. The Morgan fingerprint density at radius 3 is 2.35 bits per heavy atom. The first-order valence-electron chi connectivity index (χ1n) is 10.3. The Bertz CT molecular complexity index is 1010. The molecule has 7 nitrogen and oxygen atoms in total. The largest absolute Gasteiger partial charge is 0.480 e. The molecule has 2 aromatic carbocycles. The van der Waals surface area contributed by atoms with E-state index in [1.807, 2.05) is 26.0 Å². The number of aliphatic carboxylic acids is 1. The average molecular weight is 422 g/mol.